The van der Waals surface area contributed by atoms with E-state index in [0.717, 1.165) is 0 Å². The van der Waals surface area contributed by atoms with Crippen molar-refractivity contribution in [3.05, 3.63) is 71.5 Å². The van der Waals surface area contributed by atoms with Crippen molar-refractivity contribution in [2.75, 3.05) is 13.2 Å². The monoisotopic (exact) mass is 420 g/mol. The summed E-state index contributed by atoms with van der Waals surface area (Å²) in [5, 5.41) is 14.9. The maximum atomic E-state index is 16.0. The molecule has 1 heterocycles. The summed E-state index contributed by atoms with van der Waals surface area (Å²) in [4.78, 5) is 12.4. The van der Waals surface area contributed by atoms with Gasteiger partial charge >= 0.3 is 0 Å². The third-order valence-electron chi connectivity index (χ3n) is 5.13. The maximum absolute atomic E-state index is 16.0. The van der Waals surface area contributed by atoms with Gasteiger partial charge in [-0.15, -0.1) is 0 Å². The van der Waals surface area contributed by atoms with E-state index in [9.17, 15) is 14.3 Å². The lowest BCUT2D eigenvalue weighted by Gasteiger charge is -2.50. The standard InChI is InChI=1S/C21H22F2N2O3S/c1-14-11-20(23,12-26)21(13-28-14,16-9-5-6-10-17(16)22)25-19(29)24-18(27)15-7-3-2-4-8-15/h2-10,14,26H,11-13H2,1H3,(H2,24,25,27,29)/t14-,20+,21+/m0/s1. The van der Waals surface area contributed by atoms with E-state index in [1.807, 2.05) is 0 Å². The predicted molar refractivity (Wildman–Crippen MR) is 109 cm³/mol. The zero-order valence-corrected chi connectivity index (χ0v) is 16.6. The zero-order chi connectivity index (χ0) is 21.1. The van der Waals surface area contributed by atoms with E-state index < -0.39 is 35.6 Å². The second kappa shape index (κ2) is 8.52. The first-order valence-corrected chi connectivity index (χ1v) is 9.57. The fourth-order valence-electron chi connectivity index (χ4n) is 3.62. The van der Waals surface area contributed by atoms with Gasteiger partial charge in [-0.05, 0) is 37.3 Å². The molecule has 0 radical (unpaired) electrons. The normalized spacial score (nSPS) is 26.6. The van der Waals surface area contributed by atoms with Crippen molar-refractivity contribution >= 4 is 23.2 Å². The van der Waals surface area contributed by atoms with Gasteiger partial charge in [0.25, 0.3) is 5.91 Å². The second-order valence-electron chi connectivity index (χ2n) is 7.11. The molecule has 0 aliphatic carbocycles. The number of rotatable bonds is 4. The van der Waals surface area contributed by atoms with Gasteiger partial charge in [0.2, 0.25) is 0 Å². The first-order valence-electron chi connectivity index (χ1n) is 9.16. The lowest BCUT2D eigenvalue weighted by atomic mass is 9.72. The van der Waals surface area contributed by atoms with Gasteiger partial charge in [0.15, 0.2) is 10.8 Å². The third kappa shape index (κ3) is 4.14. The highest BCUT2D eigenvalue weighted by molar-refractivity contribution is 7.80. The number of hydrogen-bond acceptors (Lipinski definition) is 4. The Kier molecular flexibility index (Phi) is 6.26. The Labute approximate surface area is 173 Å². The fraction of sp³-hybridized carbons (Fsp3) is 0.333. The van der Waals surface area contributed by atoms with Gasteiger partial charge in [-0.25, -0.2) is 8.78 Å². The van der Waals surface area contributed by atoms with Crippen LogP contribution in [-0.4, -0.2) is 41.1 Å². The van der Waals surface area contributed by atoms with Crippen molar-refractivity contribution in [2.24, 2.45) is 0 Å². The van der Waals surface area contributed by atoms with Crippen LogP contribution in [0, 0.1) is 5.82 Å². The lowest BCUT2D eigenvalue weighted by molar-refractivity contribution is -0.143. The van der Waals surface area contributed by atoms with Gasteiger partial charge < -0.3 is 15.2 Å². The van der Waals surface area contributed by atoms with Crippen LogP contribution in [0.3, 0.4) is 0 Å². The number of ether oxygens (including phenoxy) is 1. The summed E-state index contributed by atoms with van der Waals surface area (Å²) in [5.41, 5.74) is -3.78. The molecule has 154 valence electrons. The van der Waals surface area contributed by atoms with Crippen LogP contribution in [0.4, 0.5) is 8.78 Å². The van der Waals surface area contributed by atoms with E-state index in [-0.39, 0.29) is 23.7 Å². The van der Waals surface area contributed by atoms with Crippen molar-refractivity contribution in [1.29, 1.82) is 0 Å². The Morgan fingerprint density at radius 1 is 1.24 bits per heavy atom. The predicted octanol–water partition coefficient (Wildman–Crippen LogP) is 2.83. The molecule has 0 spiro atoms. The molecule has 0 saturated carbocycles. The van der Waals surface area contributed by atoms with Crippen LogP contribution in [0.5, 0.6) is 0 Å². The molecule has 8 heteroatoms. The number of benzene rings is 2. The van der Waals surface area contributed by atoms with Gasteiger partial charge in [-0.1, -0.05) is 36.4 Å². The molecular formula is C21H22F2N2O3S. The third-order valence-corrected chi connectivity index (χ3v) is 5.34. The summed E-state index contributed by atoms with van der Waals surface area (Å²) in [6.07, 6.45) is -0.665. The molecule has 2 aromatic rings. The SMILES string of the molecule is C[C@H]1C[C@@](F)(CO)[C@](NC(=S)NC(=O)c2ccccc2)(c2ccccc2F)CO1. The van der Waals surface area contributed by atoms with Crippen molar-refractivity contribution in [2.45, 2.75) is 30.7 Å². The summed E-state index contributed by atoms with van der Waals surface area (Å²) in [6, 6.07) is 14.0. The Morgan fingerprint density at radius 2 is 1.90 bits per heavy atom. The van der Waals surface area contributed by atoms with Crippen molar-refractivity contribution in [3.63, 3.8) is 0 Å². The maximum Gasteiger partial charge on any atom is 0.257 e. The molecule has 1 saturated heterocycles. The molecule has 3 atom stereocenters. The number of aliphatic hydroxyl groups excluding tert-OH is 1. The van der Waals surface area contributed by atoms with Crippen LogP contribution in [-0.2, 0) is 10.3 Å². The van der Waals surface area contributed by atoms with E-state index >= 15 is 4.39 Å². The van der Waals surface area contributed by atoms with E-state index in [0.29, 0.717) is 5.56 Å². The van der Waals surface area contributed by atoms with E-state index in [1.54, 1.807) is 43.3 Å². The Hall–Kier alpha value is -2.42. The summed E-state index contributed by atoms with van der Waals surface area (Å²) in [7, 11) is 0. The Balaban J connectivity index is 1.95. The number of halogens is 2. The minimum Gasteiger partial charge on any atom is -0.393 e. The van der Waals surface area contributed by atoms with Crippen molar-refractivity contribution < 1.29 is 23.4 Å². The summed E-state index contributed by atoms with van der Waals surface area (Å²) in [6.45, 7) is 0.509. The van der Waals surface area contributed by atoms with Crippen LogP contribution < -0.4 is 10.6 Å². The number of carbonyl (C=O) groups is 1. The molecule has 29 heavy (non-hydrogen) atoms. The van der Waals surface area contributed by atoms with Crippen LogP contribution in [0.1, 0.15) is 29.3 Å². The van der Waals surface area contributed by atoms with E-state index in [2.05, 4.69) is 10.6 Å². The first kappa shape index (κ1) is 21.3. The number of alkyl halides is 1. The summed E-state index contributed by atoms with van der Waals surface area (Å²) >= 11 is 5.24. The molecule has 0 bridgehead atoms. The molecular weight excluding hydrogens is 398 g/mol. The number of hydrogen-bond donors (Lipinski definition) is 3. The van der Waals surface area contributed by atoms with Crippen LogP contribution >= 0.6 is 12.2 Å². The van der Waals surface area contributed by atoms with Gasteiger partial charge in [-0.3, -0.25) is 10.1 Å². The minimum absolute atomic E-state index is 0.0419. The molecule has 0 unspecified atom stereocenters. The van der Waals surface area contributed by atoms with Gasteiger partial charge in [0, 0.05) is 17.5 Å². The van der Waals surface area contributed by atoms with Crippen molar-refractivity contribution in [1.82, 2.24) is 10.6 Å². The first-order chi connectivity index (χ1) is 13.8. The fourth-order valence-corrected chi connectivity index (χ4v) is 3.88. The Bertz CT molecular complexity index is 899. The largest absolute Gasteiger partial charge is 0.393 e. The van der Waals surface area contributed by atoms with Gasteiger partial charge in [-0.2, -0.15) is 0 Å². The molecule has 2 aromatic carbocycles. The summed E-state index contributed by atoms with van der Waals surface area (Å²) in [5.74, 6) is -1.17. The molecule has 1 fully saturated rings. The molecule has 1 amide bonds. The van der Waals surface area contributed by atoms with E-state index in [1.165, 1.54) is 18.2 Å². The highest BCUT2D eigenvalue weighted by Crippen LogP contribution is 2.44. The lowest BCUT2D eigenvalue weighted by Crippen LogP contribution is -2.69. The van der Waals surface area contributed by atoms with Crippen LogP contribution in [0.25, 0.3) is 0 Å². The van der Waals surface area contributed by atoms with E-state index in [4.69, 9.17) is 17.0 Å². The average molecular weight is 420 g/mol. The molecule has 0 aromatic heterocycles. The molecule has 3 rings (SSSR count). The number of thiocarbonyl (C=S) groups is 1. The molecule has 1 aliphatic rings. The van der Waals surface area contributed by atoms with Gasteiger partial charge in [0.1, 0.15) is 11.4 Å². The van der Waals surface area contributed by atoms with Crippen LogP contribution in [0.15, 0.2) is 54.6 Å². The number of aliphatic hydroxyl groups is 1. The summed E-state index contributed by atoms with van der Waals surface area (Å²) < 4.78 is 36.4. The smallest absolute Gasteiger partial charge is 0.257 e. The highest BCUT2D eigenvalue weighted by atomic mass is 32.1. The molecule has 1 aliphatic heterocycles. The molecule has 5 nitrogen and oxygen atoms in total. The van der Waals surface area contributed by atoms with Crippen molar-refractivity contribution in [3.8, 4) is 0 Å². The number of nitrogens with one attached hydrogen (secondary N) is 2. The quantitative estimate of drug-likeness (QED) is 0.664. The average Bonchev–Trinajstić information content (AvgIpc) is 2.71. The zero-order valence-electron chi connectivity index (χ0n) is 15.8. The molecule has 3 N–H and O–H groups in total. The number of amides is 1. The van der Waals surface area contributed by atoms with Gasteiger partial charge in [0.05, 0.1) is 19.3 Å². The topological polar surface area (TPSA) is 70.6 Å². The highest BCUT2D eigenvalue weighted by Gasteiger charge is 2.58. The number of carbonyl (C=O) groups excluding carboxylic acids is 1. The Morgan fingerprint density at radius 3 is 2.55 bits per heavy atom. The van der Waals surface area contributed by atoms with Crippen LogP contribution in [0.2, 0.25) is 0 Å². The minimum atomic E-state index is -2.28. The second-order valence-corrected chi connectivity index (χ2v) is 7.52.